The maximum atomic E-state index is 11.2. The second-order valence-electron chi connectivity index (χ2n) is 4.08. The molecule has 0 aromatic heterocycles. The van der Waals surface area contributed by atoms with Crippen molar-refractivity contribution in [3.63, 3.8) is 0 Å². The number of esters is 1. The van der Waals surface area contributed by atoms with Gasteiger partial charge in [0.1, 0.15) is 0 Å². The molecule has 0 heterocycles. The number of aliphatic hydroxyl groups is 5. The van der Waals surface area contributed by atoms with E-state index in [9.17, 15) is 19.8 Å². The molecule has 0 atom stereocenters. The molecule has 126 valence electrons. The summed E-state index contributed by atoms with van der Waals surface area (Å²) >= 11 is 0. The summed E-state index contributed by atoms with van der Waals surface area (Å²) in [5, 5.41) is 50.6. The molecule has 0 aromatic rings. The number of carbonyl (C=O) groups excluding carboxylic acids is 1. The molecule has 0 aliphatic heterocycles. The van der Waals surface area contributed by atoms with E-state index in [1.807, 2.05) is 0 Å². The van der Waals surface area contributed by atoms with Crippen LogP contribution in [-0.4, -0.2) is 74.8 Å². The summed E-state index contributed by atoms with van der Waals surface area (Å²) in [6.07, 6.45) is 0.205. The van der Waals surface area contributed by atoms with Crippen LogP contribution in [0.3, 0.4) is 0 Å². The summed E-state index contributed by atoms with van der Waals surface area (Å²) < 4.78 is 4.57. The molecule has 6 N–H and O–H groups in total. The number of carboxylic acids is 1. The normalized spacial score (nSPS) is 10.5. The SMILES string of the molecule is O=C(O)CCCC(O)(O)C(=O)OCCCCO.OCCO. The van der Waals surface area contributed by atoms with E-state index in [0.717, 1.165) is 0 Å². The van der Waals surface area contributed by atoms with Gasteiger partial charge in [0, 0.05) is 19.4 Å². The second kappa shape index (κ2) is 13.7. The second-order valence-corrected chi connectivity index (χ2v) is 4.08. The molecule has 0 rings (SSSR count). The quantitative estimate of drug-likeness (QED) is 0.155. The van der Waals surface area contributed by atoms with Crippen molar-refractivity contribution in [1.29, 1.82) is 0 Å². The number of rotatable bonds is 10. The molecule has 0 aliphatic carbocycles. The Hall–Kier alpha value is -1.26. The third-order valence-corrected chi connectivity index (χ3v) is 2.13. The first kappa shape index (κ1) is 22.0. The Morgan fingerprint density at radius 3 is 1.90 bits per heavy atom. The Morgan fingerprint density at radius 1 is 0.905 bits per heavy atom. The Balaban J connectivity index is 0. The van der Waals surface area contributed by atoms with Crippen LogP contribution in [0, 0.1) is 0 Å². The van der Waals surface area contributed by atoms with E-state index in [4.69, 9.17) is 20.4 Å². The molecule has 9 nitrogen and oxygen atoms in total. The van der Waals surface area contributed by atoms with Gasteiger partial charge in [-0.25, -0.2) is 4.79 Å². The molecule has 9 heteroatoms. The smallest absolute Gasteiger partial charge is 0.366 e. The minimum atomic E-state index is -2.64. The highest BCUT2D eigenvalue weighted by molar-refractivity contribution is 5.77. The summed E-state index contributed by atoms with van der Waals surface area (Å²) in [5.41, 5.74) is 0. The molecule has 0 saturated carbocycles. The number of carboxylic acid groups (broad SMARTS) is 1. The summed E-state index contributed by atoms with van der Waals surface area (Å²) in [7, 11) is 0. The van der Waals surface area contributed by atoms with E-state index in [2.05, 4.69) is 4.74 Å². The van der Waals surface area contributed by atoms with Gasteiger partial charge in [-0.2, -0.15) is 0 Å². The van der Waals surface area contributed by atoms with Crippen LogP contribution < -0.4 is 0 Å². The molecule has 0 amide bonds. The van der Waals surface area contributed by atoms with Gasteiger partial charge in [0.05, 0.1) is 19.8 Å². The Labute approximate surface area is 122 Å². The first-order valence-corrected chi connectivity index (χ1v) is 6.48. The van der Waals surface area contributed by atoms with Crippen molar-refractivity contribution in [2.24, 2.45) is 0 Å². The number of unbranched alkanes of at least 4 members (excludes halogenated alkanes) is 1. The number of aliphatic carboxylic acids is 1. The van der Waals surface area contributed by atoms with Gasteiger partial charge in [-0.3, -0.25) is 4.79 Å². The maximum Gasteiger partial charge on any atom is 0.366 e. The zero-order valence-electron chi connectivity index (χ0n) is 11.8. The van der Waals surface area contributed by atoms with Crippen molar-refractivity contribution >= 4 is 11.9 Å². The maximum absolute atomic E-state index is 11.2. The first-order chi connectivity index (χ1) is 9.81. The molecule has 0 aliphatic rings. The fourth-order valence-corrected chi connectivity index (χ4v) is 1.08. The highest BCUT2D eigenvalue weighted by Gasteiger charge is 2.34. The summed E-state index contributed by atoms with van der Waals surface area (Å²) in [4.78, 5) is 21.4. The van der Waals surface area contributed by atoms with Gasteiger partial charge >= 0.3 is 11.9 Å². The van der Waals surface area contributed by atoms with Gasteiger partial charge in [0.2, 0.25) is 0 Å². The van der Waals surface area contributed by atoms with E-state index in [-0.39, 0.29) is 39.3 Å². The van der Waals surface area contributed by atoms with E-state index < -0.39 is 24.1 Å². The highest BCUT2D eigenvalue weighted by Crippen LogP contribution is 2.13. The van der Waals surface area contributed by atoms with Crippen molar-refractivity contribution in [3.8, 4) is 0 Å². The topological polar surface area (TPSA) is 165 Å². The van der Waals surface area contributed by atoms with Crippen LogP contribution in [0.25, 0.3) is 0 Å². The fraction of sp³-hybridized carbons (Fsp3) is 0.833. The van der Waals surface area contributed by atoms with E-state index in [1.165, 1.54) is 0 Å². The van der Waals surface area contributed by atoms with Crippen LogP contribution >= 0.6 is 0 Å². The zero-order valence-corrected chi connectivity index (χ0v) is 11.8. The van der Waals surface area contributed by atoms with Gasteiger partial charge in [0.25, 0.3) is 5.79 Å². The average molecular weight is 312 g/mol. The summed E-state index contributed by atoms with van der Waals surface area (Å²) in [6.45, 7) is -0.291. The summed E-state index contributed by atoms with van der Waals surface area (Å²) in [5.74, 6) is -4.91. The largest absolute Gasteiger partial charge is 0.481 e. The fourth-order valence-electron chi connectivity index (χ4n) is 1.08. The van der Waals surface area contributed by atoms with Crippen molar-refractivity contribution in [1.82, 2.24) is 0 Å². The average Bonchev–Trinajstić information content (AvgIpc) is 2.43. The third-order valence-electron chi connectivity index (χ3n) is 2.13. The van der Waals surface area contributed by atoms with Crippen molar-refractivity contribution in [2.45, 2.75) is 37.9 Å². The Kier molecular flexibility index (Phi) is 14.4. The van der Waals surface area contributed by atoms with E-state index in [0.29, 0.717) is 12.8 Å². The molecular formula is C12H24O9. The molecule has 0 radical (unpaired) electrons. The van der Waals surface area contributed by atoms with Crippen molar-refractivity contribution in [2.75, 3.05) is 26.4 Å². The number of carbonyl (C=O) groups is 2. The Bertz CT molecular complexity index is 276. The zero-order chi connectivity index (χ0) is 16.7. The van der Waals surface area contributed by atoms with Gasteiger partial charge in [0.15, 0.2) is 0 Å². The van der Waals surface area contributed by atoms with E-state index in [1.54, 1.807) is 0 Å². The van der Waals surface area contributed by atoms with Crippen LogP contribution in [0.4, 0.5) is 0 Å². The standard InChI is InChI=1S/C10H18O7.C2H6O2/c11-6-1-2-7-17-9(14)10(15,16)5-3-4-8(12)13;3-1-2-4/h11,15-16H,1-7H2,(H,12,13);3-4H,1-2H2. The molecule has 21 heavy (non-hydrogen) atoms. The van der Waals surface area contributed by atoms with Crippen LogP contribution in [0.5, 0.6) is 0 Å². The molecule has 0 unspecified atom stereocenters. The molecule has 0 aromatic carbocycles. The van der Waals surface area contributed by atoms with Crippen LogP contribution in [0.2, 0.25) is 0 Å². The van der Waals surface area contributed by atoms with Gasteiger partial charge in [-0.1, -0.05) is 0 Å². The van der Waals surface area contributed by atoms with Gasteiger partial charge in [-0.05, 0) is 19.3 Å². The van der Waals surface area contributed by atoms with E-state index >= 15 is 0 Å². The lowest BCUT2D eigenvalue weighted by molar-refractivity contribution is -0.212. The first-order valence-electron chi connectivity index (χ1n) is 6.48. The summed E-state index contributed by atoms with van der Waals surface area (Å²) in [6, 6.07) is 0. The Morgan fingerprint density at radius 2 is 1.48 bits per heavy atom. The van der Waals surface area contributed by atoms with Crippen molar-refractivity contribution < 1.29 is 45.0 Å². The molecular weight excluding hydrogens is 288 g/mol. The van der Waals surface area contributed by atoms with Crippen molar-refractivity contribution in [3.05, 3.63) is 0 Å². The minimum absolute atomic E-state index is 0.0127. The number of aliphatic hydroxyl groups excluding tert-OH is 3. The highest BCUT2D eigenvalue weighted by atomic mass is 16.6. The predicted octanol–water partition coefficient (Wildman–Crippen LogP) is -1.79. The lowest BCUT2D eigenvalue weighted by atomic mass is 10.1. The molecule has 0 spiro atoms. The lowest BCUT2D eigenvalue weighted by Crippen LogP contribution is -2.40. The number of ether oxygens (including phenoxy) is 1. The van der Waals surface area contributed by atoms with Crippen LogP contribution in [0.1, 0.15) is 32.1 Å². The third kappa shape index (κ3) is 15.0. The predicted molar refractivity (Wildman–Crippen MR) is 70.1 cm³/mol. The lowest BCUT2D eigenvalue weighted by Gasteiger charge is -2.19. The van der Waals surface area contributed by atoms with Gasteiger partial charge in [-0.15, -0.1) is 0 Å². The number of hydrogen-bond acceptors (Lipinski definition) is 8. The van der Waals surface area contributed by atoms with Gasteiger partial charge < -0.3 is 35.4 Å². The molecule has 0 fully saturated rings. The minimum Gasteiger partial charge on any atom is -0.481 e. The van der Waals surface area contributed by atoms with Crippen LogP contribution in [-0.2, 0) is 14.3 Å². The van der Waals surface area contributed by atoms with Crippen LogP contribution in [0.15, 0.2) is 0 Å². The molecule has 0 bridgehead atoms. The molecule has 0 saturated heterocycles. The number of hydrogen-bond donors (Lipinski definition) is 6. The monoisotopic (exact) mass is 312 g/mol.